The van der Waals surface area contributed by atoms with Crippen molar-refractivity contribution in [3.05, 3.63) is 5.82 Å². The highest BCUT2D eigenvalue weighted by molar-refractivity contribution is 5.59. The Morgan fingerprint density at radius 3 is 2.57 bits per heavy atom. The number of piperidine rings is 1. The third-order valence-electron chi connectivity index (χ3n) is 4.11. The van der Waals surface area contributed by atoms with Crippen LogP contribution in [0.1, 0.15) is 65.4 Å². The van der Waals surface area contributed by atoms with Gasteiger partial charge in [-0.3, -0.25) is 4.90 Å². The van der Waals surface area contributed by atoms with Gasteiger partial charge in [0.15, 0.2) is 5.82 Å². The van der Waals surface area contributed by atoms with Gasteiger partial charge in [0.1, 0.15) is 0 Å². The first-order valence-electron chi connectivity index (χ1n) is 8.19. The molecule has 0 N–H and O–H groups in total. The fourth-order valence-corrected chi connectivity index (χ4v) is 2.70. The molecule has 1 atom stereocenters. The predicted molar refractivity (Wildman–Crippen MR) is 83.9 cm³/mol. The number of hydrogen-bond donors (Lipinski definition) is 0. The maximum atomic E-state index is 11.3. The van der Waals surface area contributed by atoms with Crippen molar-refractivity contribution < 1.29 is 14.3 Å². The minimum Gasteiger partial charge on any atom is -0.435 e. The molecule has 130 valence electrons. The SMILES string of the molecule is CCOC(=O)O[C@H](C)n1nnc(C2CCN(C(C)(C)C)CC2)n1. The van der Waals surface area contributed by atoms with E-state index in [1.54, 1.807) is 13.8 Å². The van der Waals surface area contributed by atoms with E-state index in [4.69, 9.17) is 9.47 Å². The highest BCUT2D eigenvalue weighted by Crippen LogP contribution is 2.29. The number of ether oxygens (including phenoxy) is 2. The summed E-state index contributed by atoms with van der Waals surface area (Å²) < 4.78 is 9.81. The van der Waals surface area contributed by atoms with Crippen LogP contribution in [-0.4, -0.2) is 56.5 Å². The lowest BCUT2D eigenvalue weighted by molar-refractivity contribution is -0.00534. The van der Waals surface area contributed by atoms with Crippen LogP contribution in [0.5, 0.6) is 0 Å². The molecule has 0 aliphatic carbocycles. The Bertz CT molecular complexity index is 517. The number of aromatic nitrogens is 4. The summed E-state index contributed by atoms with van der Waals surface area (Å²) in [5, 5.41) is 12.5. The van der Waals surface area contributed by atoms with Gasteiger partial charge in [-0.1, -0.05) is 0 Å². The van der Waals surface area contributed by atoms with E-state index in [1.165, 1.54) is 4.80 Å². The molecule has 0 unspecified atom stereocenters. The van der Waals surface area contributed by atoms with Crippen LogP contribution in [-0.2, 0) is 9.47 Å². The average Bonchev–Trinajstić information content (AvgIpc) is 2.96. The summed E-state index contributed by atoms with van der Waals surface area (Å²) in [7, 11) is 0. The first-order valence-corrected chi connectivity index (χ1v) is 8.19. The molecule has 0 bridgehead atoms. The fraction of sp³-hybridized carbons (Fsp3) is 0.867. The monoisotopic (exact) mass is 325 g/mol. The lowest BCUT2D eigenvalue weighted by Gasteiger charge is -2.40. The van der Waals surface area contributed by atoms with Crippen LogP contribution >= 0.6 is 0 Å². The normalized spacial score (nSPS) is 18.7. The molecule has 2 rings (SSSR count). The number of likely N-dealkylation sites (tertiary alicyclic amines) is 1. The van der Waals surface area contributed by atoms with Gasteiger partial charge in [-0.15, -0.1) is 15.0 Å². The summed E-state index contributed by atoms with van der Waals surface area (Å²) in [4.78, 5) is 15.1. The number of rotatable bonds is 4. The second-order valence-electron chi connectivity index (χ2n) is 6.80. The molecule has 1 aliphatic rings. The molecule has 8 nitrogen and oxygen atoms in total. The van der Waals surface area contributed by atoms with E-state index in [9.17, 15) is 4.79 Å². The van der Waals surface area contributed by atoms with Gasteiger partial charge in [0.25, 0.3) is 0 Å². The molecule has 0 saturated carbocycles. The first-order chi connectivity index (χ1) is 10.8. The molecule has 2 heterocycles. The molecule has 0 aromatic carbocycles. The summed E-state index contributed by atoms with van der Waals surface area (Å²) in [5.74, 6) is 1.02. The number of hydrogen-bond acceptors (Lipinski definition) is 7. The molecule has 23 heavy (non-hydrogen) atoms. The van der Waals surface area contributed by atoms with E-state index >= 15 is 0 Å². The van der Waals surface area contributed by atoms with E-state index in [0.29, 0.717) is 5.92 Å². The molecule has 1 saturated heterocycles. The highest BCUT2D eigenvalue weighted by atomic mass is 16.7. The van der Waals surface area contributed by atoms with Gasteiger partial charge >= 0.3 is 6.16 Å². The number of tetrazole rings is 1. The van der Waals surface area contributed by atoms with Gasteiger partial charge in [0.05, 0.1) is 6.61 Å². The number of nitrogens with zero attached hydrogens (tertiary/aromatic N) is 5. The van der Waals surface area contributed by atoms with Gasteiger partial charge in [-0.25, -0.2) is 4.79 Å². The van der Waals surface area contributed by atoms with Crippen LogP contribution in [0.15, 0.2) is 0 Å². The van der Waals surface area contributed by atoms with Crippen LogP contribution < -0.4 is 0 Å². The van der Waals surface area contributed by atoms with E-state index in [-0.39, 0.29) is 12.1 Å². The Morgan fingerprint density at radius 1 is 1.35 bits per heavy atom. The van der Waals surface area contributed by atoms with Crippen molar-refractivity contribution in [2.24, 2.45) is 0 Å². The van der Waals surface area contributed by atoms with Crippen molar-refractivity contribution in [1.29, 1.82) is 0 Å². The Hall–Kier alpha value is -1.70. The first kappa shape index (κ1) is 17.7. The second-order valence-corrected chi connectivity index (χ2v) is 6.80. The summed E-state index contributed by atoms with van der Waals surface area (Å²) in [6.07, 6.45) is 0.661. The lowest BCUT2D eigenvalue weighted by Crippen LogP contribution is -2.45. The molecule has 0 spiro atoms. The molecule has 0 radical (unpaired) electrons. The quantitative estimate of drug-likeness (QED) is 0.786. The zero-order chi connectivity index (χ0) is 17.0. The number of carbonyl (C=O) groups excluding carboxylic acids is 1. The Balaban J connectivity index is 1.91. The molecule has 8 heteroatoms. The number of carbonyl (C=O) groups is 1. The molecule has 1 aromatic rings. The zero-order valence-electron chi connectivity index (χ0n) is 14.7. The third kappa shape index (κ3) is 4.63. The van der Waals surface area contributed by atoms with Crippen LogP contribution in [0.3, 0.4) is 0 Å². The minimum atomic E-state index is -0.725. The van der Waals surface area contributed by atoms with Crippen LogP contribution in [0.4, 0.5) is 4.79 Å². The maximum Gasteiger partial charge on any atom is 0.510 e. The highest BCUT2D eigenvalue weighted by Gasteiger charge is 2.30. The lowest BCUT2D eigenvalue weighted by atomic mass is 9.92. The fourth-order valence-electron chi connectivity index (χ4n) is 2.70. The van der Waals surface area contributed by atoms with E-state index in [0.717, 1.165) is 31.8 Å². The van der Waals surface area contributed by atoms with Crippen molar-refractivity contribution >= 4 is 6.16 Å². The van der Waals surface area contributed by atoms with Crippen molar-refractivity contribution in [3.8, 4) is 0 Å². The van der Waals surface area contributed by atoms with E-state index in [1.807, 2.05) is 0 Å². The van der Waals surface area contributed by atoms with Crippen LogP contribution in [0.25, 0.3) is 0 Å². The third-order valence-corrected chi connectivity index (χ3v) is 4.11. The minimum absolute atomic E-state index is 0.192. The van der Waals surface area contributed by atoms with Crippen molar-refractivity contribution in [1.82, 2.24) is 25.1 Å². The summed E-state index contributed by atoms with van der Waals surface area (Å²) in [5.41, 5.74) is 0.192. The van der Waals surface area contributed by atoms with Gasteiger partial charge in [0.2, 0.25) is 6.23 Å². The largest absolute Gasteiger partial charge is 0.510 e. The topological polar surface area (TPSA) is 82.4 Å². The zero-order valence-corrected chi connectivity index (χ0v) is 14.7. The van der Waals surface area contributed by atoms with Gasteiger partial charge in [-0.2, -0.15) is 0 Å². The van der Waals surface area contributed by atoms with Gasteiger partial charge in [-0.05, 0) is 65.8 Å². The van der Waals surface area contributed by atoms with Crippen molar-refractivity contribution in [3.63, 3.8) is 0 Å². The van der Waals surface area contributed by atoms with E-state index in [2.05, 4.69) is 41.1 Å². The van der Waals surface area contributed by atoms with E-state index < -0.39 is 12.4 Å². The molecule has 0 amide bonds. The van der Waals surface area contributed by atoms with Gasteiger partial charge in [0, 0.05) is 11.5 Å². The molecule has 1 aliphatic heterocycles. The van der Waals surface area contributed by atoms with Crippen LogP contribution in [0.2, 0.25) is 0 Å². The molecule has 1 fully saturated rings. The van der Waals surface area contributed by atoms with Crippen molar-refractivity contribution in [2.75, 3.05) is 19.7 Å². The standard InChI is InChI=1S/C15H27N5O3/c1-6-22-14(21)23-11(2)20-17-13(16-18-20)12-7-9-19(10-8-12)15(3,4)5/h11-12H,6-10H2,1-5H3/t11-/m1/s1. The summed E-state index contributed by atoms with van der Waals surface area (Å²) in [6.45, 7) is 12.4. The second kappa shape index (κ2) is 7.25. The predicted octanol–water partition coefficient (Wildman–Crippen LogP) is 2.34. The maximum absolute atomic E-state index is 11.3. The van der Waals surface area contributed by atoms with Crippen LogP contribution in [0, 0.1) is 0 Å². The smallest absolute Gasteiger partial charge is 0.435 e. The Labute approximate surface area is 137 Å². The average molecular weight is 325 g/mol. The Kier molecular flexibility index (Phi) is 5.56. The molecular weight excluding hydrogens is 298 g/mol. The van der Waals surface area contributed by atoms with Gasteiger partial charge < -0.3 is 9.47 Å². The molecular formula is C15H27N5O3. The molecule has 1 aromatic heterocycles. The van der Waals surface area contributed by atoms with Crippen molar-refractivity contribution in [2.45, 2.75) is 65.1 Å². The summed E-state index contributed by atoms with van der Waals surface area (Å²) >= 11 is 0. The Morgan fingerprint density at radius 2 is 2.00 bits per heavy atom. The summed E-state index contributed by atoms with van der Waals surface area (Å²) in [6, 6.07) is 0.